The molecule has 0 N–H and O–H groups in total. The first-order valence-corrected chi connectivity index (χ1v) is 4.41. The van der Waals surface area contributed by atoms with Crippen LogP contribution in [0.15, 0.2) is 0 Å². The van der Waals surface area contributed by atoms with E-state index in [-0.39, 0.29) is 0 Å². The highest BCUT2D eigenvalue weighted by Crippen LogP contribution is 2.69. The van der Waals surface area contributed by atoms with Crippen LogP contribution in [0.5, 0.6) is 0 Å². The minimum absolute atomic E-state index is 0.961. The molecule has 1 spiro atoms. The fraction of sp³-hybridized carbons (Fsp3) is 1.00. The van der Waals surface area contributed by atoms with Crippen molar-refractivity contribution >= 4 is 0 Å². The van der Waals surface area contributed by atoms with Crippen LogP contribution >= 0.6 is 0 Å². The maximum Gasteiger partial charge on any atom is -0.0266 e. The second kappa shape index (κ2) is 1.21. The topological polar surface area (TPSA) is 0 Å². The van der Waals surface area contributed by atoms with Crippen molar-refractivity contribution in [2.75, 3.05) is 0 Å². The Morgan fingerprint density at radius 3 is 2.11 bits per heavy atom. The molecule has 0 nitrogen and oxygen atoms in total. The smallest absolute Gasteiger partial charge is 0.0266 e. The predicted molar refractivity (Wildman–Crippen MR) is 37.1 cm³/mol. The van der Waals surface area contributed by atoms with E-state index in [0.29, 0.717) is 0 Å². The molecule has 0 heteroatoms. The standard InChI is InChI=1S/C9H14/c1-2-8-7(1)3-4-9(8)5-6-9/h7-8H,1-6H2. The van der Waals surface area contributed by atoms with Crippen LogP contribution in [0.1, 0.15) is 38.5 Å². The summed E-state index contributed by atoms with van der Waals surface area (Å²) in [5, 5.41) is 0. The van der Waals surface area contributed by atoms with Gasteiger partial charge in [-0.3, -0.25) is 0 Å². The lowest BCUT2D eigenvalue weighted by atomic mass is 9.71. The summed E-state index contributed by atoms with van der Waals surface area (Å²) in [6.07, 6.45) is 9.53. The molecule has 0 bridgehead atoms. The van der Waals surface area contributed by atoms with Crippen molar-refractivity contribution in [1.82, 2.24) is 0 Å². The van der Waals surface area contributed by atoms with Gasteiger partial charge in [-0.25, -0.2) is 0 Å². The van der Waals surface area contributed by atoms with Crippen molar-refractivity contribution in [2.45, 2.75) is 38.5 Å². The normalized spacial score (nSPS) is 50.7. The molecule has 0 aliphatic heterocycles. The van der Waals surface area contributed by atoms with Gasteiger partial charge in [0.2, 0.25) is 0 Å². The predicted octanol–water partition coefficient (Wildman–Crippen LogP) is 2.59. The fourth-order valence-electron chi connectivity index (χ4n) is 3.16. The molecule has 0 aromatic carbocycles. The summed E-state index contributed by atoms with van der Waals surface area (Å²) >= 11 is 0. The highest BCUT2D eigenvalue weighted by Gasteiger charge is 2.58. The van der Waals surface area contributed by atoms with E-state index in [1.54, 1.807) is 38.5 Å². The molecule has 0 aromatic heterocycles. The van der Waals surface area contributed by atoms with E-state index in [1.165, 1.54) is 11.8 Å². The molecule has 0 radical (unpaired) electrons. The van der Waals surface area contributed by atoms with Gasteiger partial charge in [0.1, 0.15) is 0 Å². The molecular weight excluding hydrogens is 108 g/mol. The molecule has 0 aromatic rings. The van der Waals surface area contributed by atoms with Crippen molar-refractivity contribution < 1.29 is 0 Å². The second-order valence-electron chi connectivity index (χ2n) is 4.34. The molecule has 3 rings (SSSR count). The van der Waals surface area contributed by atoms with Crippen molar-refractivity contribution in [3.05, 3.63) is 0 Å². The van der Waals surface area contributed by atoms with E-state index in [2.05, 4.69) is 0 Å². The fourth-order valence-corrected chi connectivity index (χ4v) is 3.16. The van der Waals surface area contributed by atoms with E-state index >= 15 is 0 Å². The molecule has 3 saturated carbocycles. The van der Waals surface area contributed by atoms with Crippen LogP contribution in [-0.2, 0) is 0 Å². The first-order chi connectivity index (χ1) is 4.41. The molecule has 2 unspecified atom stereocenters. The monoisotopic (exact) mass is 122 g/mol. The van der Waals surface area contributed by atoms with Gasteiger partial charge >= 0.3 is 0 Å². The van der Waals surface area contributed by atoms with Gasteiger partial charge in [0.05, 0.1) is 0 Å². The van der Waals surface area contributed by atoms with Gasteiger partial charge in [0.15, 0.2) is 0 Å². The van der Waals surface area contributed by atoms with Crippen LogP contribution in [0.2, 0.25) is 0 Å². The number of hydrogen-bond acceptors (Lipinski definition) is 0. The Labute approximate surface area is 56.6 Å². The summed E-state index contributed by atoms with van der Waals surface area (Å²) < 4.78 is 0. The van der Waals surface area contributed by atoms with Crippen LogP contribution in [0.3, 0.4) is 0 Å². The van der Waals surface area contributed by atoms with Crippen LogP contribution < -0.4 is 0 Å². The number of fused-ring (bicyclic) bond motifs is 2. The van der Waals surface area contributed by atoms with Gasteiger partial charge in [-0.1, -0.05) is 0 Å². The van der Waals surface area contributed by atoms with E-state index < -0.39 is 0 Å². The zero-order valence-corrected chi connectivity index (χ0v) is 5.90. The molecule has 0 amide bonds. The number of hydrogen-bond donors (Lipinski definition) is 0. The number of rotatable bonds is 0. The summed E-state index contributed by atoms with van der Waals surface area (Å²) in [6.45, 7) is 0. The molecule has 2 atom stereocenters. The Kier molecular flexibility index (Phi) is 0.640. The van der Waals surface area contributed by atoms with Gasteiger partial charge < -0.3 is 0 Å². The van der Waals surface area contributed by atoms with E-state index in [0.717, 1.165) is 5.41 Å². The van der Waals surface area contributed by atoms with Crippen molar-refractivity contribution in [2.24, 2.45) is 17.3 Å². The maximum atomic E-state index is 1.60. The van der Waals surface area contributed by atoms with Gasteiger partial charge in [0.25, 0.3) is 0 Å². The first-order valence-electron chi connectivity index (χ1n) is 4.41. The van der Waals surface area contributed by atoms with Crippen molar-refractivity contribution in [3.8, 4) is 0 Å². The molecular formula is C9H14. The minimum atomic E-state index is 0.961. The average Bonchev–Trinajstić information content (AvgIpc) is 2.41. The summed E-state index contributed by atoms with van der Waals surface area (Å²) in [4.78, 5) is 0. The molecule has 9 heavy (non-hydrogen) atoms. The zero-order valence-electron chi connectivity index (χ0n) is 5.90. The molecule has 0 saturated heterocycles. The highest BCUT2D eigenvalue weighted by atomic mass is 14.6. The Hall–Kier alpha value is 0. The van der Waals surface area contributed by atoms with Crippen molar-refractivity contribution in [3.63, 3.8) is 0 Å². The Bertz CT molecular complexity index is 144. The third-order valence-corrected chi connectivity index (χ3v) is 4.11. The van der Waals surface area contributed by atoms with Crippen LogP contribution in [0.25, 0.3) is 0 Å². The van der Waals surface area contributed by atoms with Crippen molar-refractivity contribution in [1.29, 1.82) is 0 Å². The Morgan fingerprint density at radius 2 is 1.78 bits per heavy atom. The van der Waals surface area contributed by atoms with Crippen LogP contribution in [0.4, 0.5) is 0 Å². The lowest BCUT2D eigenvalue weighted by Crippen LogP contribution is -2.25. The second-order valence-corrected chi connectivity index (χ2v) is 4.34. The molecule has 3 fully saturated rings. The SMILES string of the molecule is C1CC2C1CCC21CC1. The summed E-state index contributed by atoms with van der Waals surface area (Å²) in [5.41, 5.74) is 0.961. The van der Waals surface area contributed by atoms with Crippen LogP contribution in [-0.4, -0.2) is 0 Å². The van der Waals surface area contributed by atoms with Crippen LogP contribution in [0, 0.1) is 17.3 Å². The molecule has 50 valence electrons. The summed E-state index contributed by atoms with van der Waals surface area (Å²) in [6, 6.07) is 0. The molecule has 3 aliphatic rings. The average molecular weight is 122 g/mol. The molecule has 3 aliphatic carbocycles. The maximum absolute atomic E-state index is 1.60. The lowest BCUT2D eigenvalue weighted by molar-refractivity contribution is 0.158. The largest absolute Gasteiger partial charge is 0.0499 e. The summed E-state index contributed by atoms with van der Waals surface area (Å²) in [5.74, 6) is 2.42. The molecule has 0 heterocycles. The van der Waals surface area contributed by atoms with Gasteiger partial charge in [-0.05, 0) is 55.8 Å². The van der Waals surface area contributed by atoms with E-state index in [4.69, 9.17) is 0 Å². The zero-order chi connectivity index (χ0) is 5.90. The van der Waals surface area contributed by atoms with E-state index in [1.807, 2.05) is 0 Å². The Morgan fingerprint density at radius 1 is 0.889 bits per heavy atom. The summed E-state index contributed by atoms with van der Waals surface area (Å²) in [7, 11) is 0. The highest BCUT2D eigenvalue weighted by molar-refractivity contribution is 5.08. The van der Waals surface area contributed by atoms with Gasteiger partial charge in [-0.15, -0.1) is 0 Å². The third kappa shape index (κ3) is 0.426. The first kappa shape index (κ1) is 4.76. The van der Waals surface area contributed by atoms with Gasteiger partial charge in [-0.2, -0.15) is 0 Å². The minimum Gasteiger partial charge on any atom is -0.0499 e. The lowest BCUT2D eigenvalue weighted by Gasteiger charge is -2.34. The van der Waals surface area contributed by atoms with E-state index in [9.17, 15) is 0 Å². The quantitative estimate of drug-likeness (QED) is 0.463. The third-order valence-electron chi connectivity index (χ3n) is 4.11. The van der Waals surface area contributed by atoms with Gasteiger partial charge in [0, 0.05) is 0 Å². The Balaban J connectivity index is 1.92.